The molecule has 23 heavy (non-hydrogen) atoms. The normalized spacial score (nSPS) is 12.7. The SMILES string of the molecule is COc1ccc(S(=O)(=O)N[C@@H](C)c2ccc(Cl)cc2)cc1OC. The summed E-state index contributed by atoms with van der Waals surface area (Å²) < 4.78 is 37.9. The zero-order valence-corrected chi connectivity index (χ0v) is 14.6. The first-order valence-electron chi connectivity index (χ1n) is 6.87. The molecule has 0 saturated carbocycles. The second kappa shape index (κ2) is 7.21. The van der Waals surface area contributed by atoms with Crippen LogP contribution in [0.2, 0.25) is 5.02 Å². The van der Waals surface area contributed by atoms with E-state index in [1.807, 2.05) is 0 Å². The van der Waals surface area contributed by atoms with E-state index in [0.717, 1.165) is 5.56 Å². The van der Waals surface area contributed by atoms with E-state index in [4.69, 9.17) is 21.1 Å². The monoisotopic (exact) mass is 355 g/mol. The van der Waals surface area contributed by atoms with E-state index < -0.39 is 16.1 Å². The molecule has 0 aliphatic carbocycles. The molecule has 0 spiro atoms. The minimum absolute atomic E-state index is 0.107. The highest BCUT2D eigenvalue weighted by Gasteiger charge is 2.20. The fourth-order valence-electron chi connectivity index (χ4n) is 2.10. The van der Waals surface area contributed by atoms with E-state index >= 15 is 0 Å². The summed E-state index contributed by atoms with van der Waals surface area (Å²) in [5, 5.41) is 0.601. The van der Waals surface area contributed by atoms with Crippen LogP contribution in [0.25, 0.3) is 0 Å². The molecule has 0 bridgehead atoms. The zero-order chi connectivity index (χ0) is 17.0. The minimum Gasteiger partial charge on any atom is -0.493 e. The number of sulfonamides is 1. The van der Waals surface area contributed by atoms with Crippen LogP contribution in [0.3, 0.4) is 0 Å². The third-order valence-corrected chi connectivity index (χ3v) is 5.16. The van der Waals surface area contributed by atoms with Gasteiger partial charge in [0.1, 0.15) is 0 Å². The lowest BCUT2D eigenvalue weighted by atomic mass is 10.1. The molecule has 0 aliphatic heterocycles. The van der Waals surface area contributed by atoms with E-state index in [0.29, 0.717) is 16.5 Å². The van der Waals surface area contributed by atoms with Gasteiger partial charge in [0.15, 0.2) is 11.5 Å². The van der Waals surface area contributed by atoms with Gasteiger partial charge in [0.05, 0.1) is 19.1 Å². The standard InChI is InChI=1S/C16H18ClNO4S/c1-11(12-4-6-13(17)7-5-12)18-23(19,20)14-8-9-15(21-2)16(10-14)22-3/h4-11,18H,1-3H3/t11-/m0/s1. The Bertz CT molecular complexity index is 775. The van der Waals surface area contributed by atoms with Gasteiger partial charge in [-0.05, 0) is 36.8 Å². The van der Waals surface area contributed by atoms with Crippen LogP contribution in [-0.2, 0) is 10.0 Å². The lowest BCUT2D eigenvalue weighted by Gasteiger charge is -2.16. The van der Waals surface area contributed by atoms with Crippen molar-refractivity contribution in [2.45, 2.75) is 17.9 Å². The molecule has 0 radical (unpaired) electrons. The molecule has 0 amide bonds. The third-order valence-electron chi connectivity index (χ3n) is 3.37. The Morgan fingerprint density at radius 3 is 2.17 bits per heavy atom. The Kier molecular flexibility index (Phi) is 5.51. The molecule has 0 unspecified atom stereocenters. The second-order valence-electron chi connectivity index (χ2n) is 4.91. The molecule has 5 nitrogen and oxygen atoms in total. The average molecular weight is 356 g/mol. The second-order valence-corrected chi connectivity index (χ2v) is 7.06. The molecule has 0 fully saturated rings. The quantitative estimate of drug-likeness (QED) is 0.862. The van der Waals surface area contributed by atoms with Crippen LogP contribution in [0, 0.1) is 0 Å². The van der Waals surface area contributed by atoms with E-state index in [-0.39, 0.29) is 4.90 Å². The van der Waals surface area contributed by atoms with Crippen molar-refractivity contribution in [3.05, 3.63) is 53.1 Å². The van der Waals surface area contributed by atoms with Gasteiger partial charge in [0.25, 0.3) is 0 Å². The highest BCUT2D eigenvalue weighted by molar-refractivity contribution is 7.89. The van der Waals surface area contributed by atoms with Gasteiger partial charge in [-0.2, -0.15) is 0 Å². The minimum atomic E-state index is -3.69. The maximum absolute atomic E-state index is 12.5. The molecule has 2 rings (SSSR count). The number of rotatable bonds is 6. The highest BCUT2D eigenvalue weighted by Crippen LogP contribution is 2.30. The number of ether oxygens (including phenoxy) is 2. The number of hydrogen-bond acceptors (Lipinski definition) is 4. The first kappa shape index (κ1) is 17.6. The van der Waals surface area contributed by atoms with Gasteiger partial charge >= 0.3 is 0 Å². The van der Waals surface area contributed by atoms with Crippen molar-refractivity contribution in [1.29, 1.82) is 0 Å². The van der Waals surface area contributed by atoms with E-state index in [1.54, 1.807) is 37.3 Å². The fourth-order valence-corrected chi connectivity index (χ4v) is 3.48. The molecule has 0 heterocycles. The predicted octanol–water partition coefficient (Wildman–Crippen LogP) is 3.40. The van der Waals surface area contributed by atoms with Crippen molar-refractivity contribution in [2.24, 2.45) is 0 Å². The average Bonchev–Trinajstić information content (AvgIpc) is 2.54. The Morgan fingerprint density at radius 1 is 1.00 bits per heavy atom. The lowest BCUT2D eigenvalue weighted by Crippen LogP contribution is -2.26. The van der Waals surface area contributed by atoms with Crippen molar-refractivity contribution >= 4 is 21.6 Å². The van der Waals surface area contributed by atoms with Crippen molar-refractivity contribution in [2.75, 3.05) is 14.2 Å². The van der Waals surface area contributed by atoms with Crippen LogP contribution < -0.4 is 14.2 Å². The van der Waals surface area contributed by atoms with Crippen LogP contribution in [0.1, 0.15) is 18.5 Å². The first-order chi connectivity index (χ1) is 10.9. The van der Waals surface area contributed by atoms with Crippen LogP contribution in [0.4, 0.5) is 0 Å². The molecular formula is C16H18ClNO4S. The lowest BCUT2D eigenvalue weighted by molar-refractivity contribution is 0.354. The van der Waals surface area contributed by atoms with Crippen molar-refractivity contribution in [1.82, 2.24) is 4.72 Å². The number of methoxy groups -OCH3 is 2. The molecule has 2 aromatic carbocycles. The molecule has 0 aliphatic rings. The topological polar surface area (TPSA) is 64.6 Å². The summed E-state index contributed by atoms with van der Waals surface area (Å²) in [5.41, 5.74) is 0.818. The molecule has 0 aromatic heterocycles. The number of halogens is 1. The molecule has 1 N–H and O–H groups in total. The molecule has 7 heteroatoms. The Labute approximate surface area is 141 Å². The van der Waals surface area contributed by atoms with Gasteiger partial charge in [-0.15, -0.1) is 0 Å². The predicted molar refractivity (Wildman–Crippen MR) is 89.7 cm³/mol. The van der Waals surface area contributed by atoms with Crippen molar-refractivity contribution < 1.29 is 17.9 Å². The molecule has 1 atom stereocenters. The van der Waals surface area contributed by atoms with Gasteiger partial charge in [-0.25, -0.2) is 13.1 Å². The van der Waals surface area contributed by atoms with Gasteiger partial charge < -0.3 is 9.47 Å². The summed E-state index contributed by atoms with van der Waals surface area (Å²) in [6, 6.07) is 11.1. The van der Waals surface area contributed by atoms with Gasteiger partial charge in [0, 0.05) is 17.1 Å². The molecule has 2 aromatic rings. The summed E-state index contributed by atoms with van der Waals surface area (Å²) in [6.45, 7) is 1.77. The van der Waals surface area contributed by atoms with Crippen molar-refractivity contribution in [3.63, 3.8) is 0 Å². The van der Waals surface area contributed by atoms with Gasteiger partial charge in [-0.3, -0.25) is 0 Å². The summed E-state index contributed by atoms with van der Waals surface area (Å²) in [7, 11) is -0.745. The Balaban J connectivity index is 2.26. The molecular weight excluding hydrogens is 338 g/mol. The number of nitrogens with one attached hydrogen (secondary N) is 1. The van der Waals surface area contributed by atoms with E-state index in [1.165, 1.54) is 26.4 Å². The van der Waals surface area contributed by atoms with Crippen LogP contribution in [0.15, 0.2) is 47.4 Å². The first-order valence-corrected chi connectivity index (χ1v) is 8.73. The smallest absolute Gasteiger partial charge is 0.241 e. The highest BCUT2D eigenvalue weighted by atomic mass is 35.5. The maximum atomic E-state index is 12.5. The fraction of sp³-hybridized carbons (Fsp3) is 0.250. The summed E-state index contributed by atoms with van der Waals surface area (Å²) in [4.78, 5) is 0.107. The Hall–Kier alpha value is -1.76. The molecule has 124 valence electrons. The zero-order valence-electron chi connectivity index (χ0n) is 13.0. The Morgan fingerprint density at radius 2 is 1.61 bits per heavy atom. The van der Waals surface area contributed by atoms with Crippen LogP contribution in [0.5, 0.6) is 11.5 Å². The van der Waals surface area contributed by atoms with Gasteiger partial charge in [0.2, 0.25) is 10.0 Å². The van der Waals surface area contributed by atoms with Crippen molar-refractivity contribution in [3.8, 4) is 11.5 Å². The summed E-state index contributed by atoms with van der Waals surface area (Å²) in [6.07, 6.45) is 0. The maximum Gasteiger partial charge on any atom is 0.241 e. The summed E-state index contributed by atoms with van der Waals surface area (Å²) in [5.74, 6) is 0.826. The number of benzene rings is 2. The van der Waals surface area contributed by atoms with Crippen LogP contribution >= 0.6 is 11.6 Å². The largest absolute Gasteiger partial charge is 0.493 e. The summed E-state index contributed by atoms with van der Waals surface area (Å²) >= 11 is 5.84. The molecule has 0 saturated heterocycles. The third kappa shape index (κ3) is 4.16. The number of hydrogen-bond donors (Lipinski definition) is 1. The van der Waals surface area contributed by atoms with E-state index in [2.05, 4.69) is 4.72 Å². The van der Waals surface area contributed by atoms with E-state index in [9.17, 15) is 8.42 Å². The van der Waals surface area contributed by atoms with Crippen LogP contribution in [-0.4, -0.2) is 22.6 Å². The van der Waals surface area contributed by atoms with Gasteiger partial charge in [-0.1, -0.05) is 23.7 Å².